The van der Waals surface area contributed by atoms with Gasteiger partial charge in [-0.3, -0.25) is 4.57 Å². The molecule has 1 aliphatic heterocycles. The van der Waals surface area contributed by atoms with Crippen LogP contribution in [0.3, 0.4) is 0 Å². The number of likely N-dealkylation sites (tertiary alicyclic amines) is 1. The molecule has 0 saturated carbocycles. The van der Waals surface area contributed by atoms with Crippen molar-refractivity contribution in [2.75, 3.05) is 32.8 Å². The van der Waals surface area contributed by atoms with Gasteiger partial charge in [-0.1, -0.05) is 60.1 Å². The molecule has 0 aliphatic carbocycles. The first-order chi connectivity index (χ1) is 13.9. The number of hydrogen-bond donors (Lipinski definition) is 2. The van der Waals surface area contributed by atoms with Crippen molar-refractivity contribution in [3.8, 4) is 5.75 Å². The van der Waals surface area contributed by atoms with Crippen molar-refractivity contribution in [2.24, 2.45) is 0 Å². The fourth-order valence-electron chi connectivity index (χ4n) is 4.09. The van der Waals surface area contributed by atoms with E-state index in [0.29, 0.717) is 25.1 Å². The van der Waals surface area contributed by atoms with Crippen molar-refractivity contribution >= 4 is 7.52 Å². The van der Waals surface area contributed by atoms with Crippen LogP contribution in [0.5, 0.6) is 5.75 Å². The molecule has 30 heavy (non-hydrogen) atoms. The van der Waals surface area contributed by atoms with E-state index >= 15 is 0 Å². The molecule has 5 nitrogen and oxygen atoms in total. The van der Waals surface area contributed by atoms with Crippen molar-refractivity contribution in [3.05, 3.63) is 28.8 Å². The Hall–Kier alpha value is -0.870. The lowest BCUT2D eigenvalue weighted by Crippen LogP contribution is -2.35. The number of aromatic hydroxyl groups is 1. The molecule has 1 aliphatic rings. The maximum atomic E-state index is 13.6. The molecule has 0 amide bonds. The minimum Gasteiger partial charge on any atom is -0.507 e. The molecule has 0 bridgehead atoms. The average Bonchev–Trinajstić information content (AvgIpc) is 2.62. The summed E-state index contributed by atoms with van der Waals surface area (Å²) in [5, 5.41) is 14.2. The second-order valence-corrected chi connectivity index (χ2v) is 12.8. The molecule has 1 aromatic carbocycles. The van der Waals surface area contributed by atoms with Crippen LogP contribution in [0.4, 0.5) is 0 Å². The summed E-state index contributed by atoms with van der Waals surface area (Å²) in [5.74, 6) is 0.350. The summed E-state index contributed by atoms with van der Waals surface area (Å²) in [4.78, 5) is 2.43. The van der Waals surface area contributed by atoms with Gasteiger partial charge in [-0.2, -0.15) is 0 Å². The molecule has 2 N–H and O–H groups in total. The zero-order valence-electron chi connectivity index (χ0n) is 20.2. The van der Waals surface area contributed by atoms with Crippen molar-refractivity contribution < 1.29 is 14.2 Å². The van der Waals surface area contributed by atoms with Crippen LogP contribution in [0, 0.1) is 0 Å². The molecule has 1 unspecified atom stereocenters. The highest BCUT2D eigenvalue weighted by Gasteiger charge is 2.29. The van der Waals surface area contributed by atoms with E-state index in [1.165, 1.54) is 19.3 Å². The Morgan fingerprint density at radius 2 is 1.57 bits per heavy atom. The van der Waals surface area contributed by atoms with Crippen LogP contribution < -0.4 is 5.09 Å². The van der Waals surface area contributed by atoms with Gasteiger partial charge in [0.15, 0.2) is 0 Å². The van der Waals surface area contributed by atoms with E-state index in [1.807, 2.05) is 19.1 Å². The van der Waals surface area contributed by atoms with Crippen LogP contribution >= 0.6 is 7.52 Å². The Morgan fingerprint density at radius 1 is 1.03 bits per heavy atom. The van der Waals surface area contributed by atoms with Crippen LogP contribution in [-0.2, 0) is 26.1 Å². The van der Waals surface area contributed by atoms with Gasteiger partial charge >= 0.3 is 0 Å². The summed E-state index contributed by atoms with van der Waals surface area (Å²) in [6, 6.07) is 4.01. The normalized spacial score (nSPS) is 18.4. The SMILES string of the molecule is CCOP(=O)(Cc1cc(C(C)(C)C)c(O)c(C(C)(C)C)c1)NCCN1CCCCC1. The number of phenols is 1. The van der Waals surface area contributed by atoms with E-state index in [0.717, 1.165) is 36.3 Å². The molecule has 0 radical (unpaired) electrons. The maximum Gasteiger partial charge on any atom is 0.274 e. The van der Waals surface area contributed by atoms with Crippen LogP contribution in [0.1, 0.15) is 84.4 Å². The number of piperidine rings is 1. The molecule has 1 fully saturated rings. The standard InChI is InChI=1S/C24H43N2O3P/c1-8-29-30(28,25-12-15-26-13-10-9-11-14-26)18-19-16-20(23(2,3)4)22(27)21(17-19)24(5,6)7/h16-17,27H,8-15,18H2,1-7H3,(H,25,28). The minimum atomic E-state index is -3.03. The molecule has 1 saturated heterocycles. The van der Waals surface area contributed by atoms with Crippen molar-refractivity contribution in [3.63, 3.8) is 0 Å². The predicted octanol–water partition coefficient (Wildman–Crippen LogP) is 5.79. The fourth-order valence-corrected chi connectivity index (χ4v) is 5.90. The Kier molecular flexibility index (Phi) is 8.60. The largest absolute Gasteiger partial charge is 0.507 e. The second kappa shape index (κ2) is 10.2. The highest BCUT2D eigenvalue weighted by molar-refractivity contribution is 7.56. The van der Waals surface area contributed by atoms with Crippen molar-refractivity contribution in [1.29, 1.82) is 0 Å². The Balaban J connectivity index is 2.25. The first kappa shape index (κ1) is 25.4. The van der Waals surface area contributed by atoms with Crippen LogP contribution in [0.15, 0.2) is 12.1 Å². The molecular weight excluding hydrogens is 395 g/mol. The molecular formula is C24H43N2O3P. The summed E-state index contributed by atoms with van der Waals surface area (Å²) in [7, 11) is -3.03. The number of nitrogens with one attached hydrogen (secondary N) is 1. The molecule has 6 heteroatoms. The number of nitrogens with zero attached hydrogens (tertiary/aromatic N) is 1. The van der Waals surface area contributed by atoms with Crippen molar-refractivity contribution in [2.45, 2.75) is 84.7 Å². The fraction of sp³-hybridized carbons (Fsp3) is 0.750. The lowest BCUT2D eigenvalue weighted by Gasteiger charge is -2.29. The molecule has 1 heterocycles. The number of hydrogen-bond acceptors (Lipinski definition) is 4. The molecule has 1 atom stereocenters. The number of rotatable bonds is 8. The number of phenolic OH excluding ortho intramolecular Hbond substituents is 1. The topological polar surface area (TPSA) is 61.8 Å². The Bertz CT molecular complexity index is 709. The monoisotopic (exact) mass is 438 g/mol. The van der Waals surface area contributed by atoms with Gasteiger partial charge in [0.2, 0.25) is 0 Å². The molecule has 1 aromatic rings. The molecule has 2 rings (SSSR count). The van der Waals surface area contributed by atoms with Gasteiger partial charge < -0.3 is 14.5 Å². The summed E-state index contributed by atoms with van der Waals surface area (Å²) in [6.07, 6.45) is 4.14. The highest BCUT2D eigenvalue weighted by atomic mass is 31.2. The van der Waals surface area contributed by atoms with Gasteiger partial charge in [-0.25, -0.2) is 5.09 Å². The van der Waals surface area contributed by atoms with Gasteiger partial charge in [-0.15, -0.1) is 0 Å². The third kappa shape index (κ3) is 7.09. The summed E-state index contributed by atoms with van der Waals surface area (Å²) in [6.45, 7) is 18.7. The van der Waals surface area contributed by atoms with E-state index in [1.54, 1.807) is 0 Å². The van der Waals surface area contributed by atoms with Gasteiger partial charge in [-0.05, 0) is 60.4 Å². The van der Waals surface area contributed by atoms with Gasteiger partial charge in [0.1, 0.15) is 5.75 Å². The lowest BCUT2D eigenvalue weighted by molar-refractivity contribution is 0.230. The van der Waals surface area contributed by atoms with E-state index in [9.17, 15) is 9.67 Å². The smallest absolute Gasteiger partial charge is 0.274 e. The van der Waals surface area contributed by atoms with E-state index in [2.05, 4.69) is 51.5 Å². The first-order valence-electron chi connectivity index (χ1n) is 11.4. The second-order valence-electron chi connectivity index (χ2n) is 10.6. The Labute approximate surface area is 184 Å². The Morgan fingerprint density at radius 3 is 2.03 bits per heavy atom. The highest BCUT2D eigenvalue weighted by Crippen LogP contribution is 2.48. The molecule has 0 aromatic heterocycles. The van der Waals surface area contributed by atoms with Gasteiger partial charge in [0, 0.05) is 13.1 Å². The lowest BCUT2D eigenvalue weighted by atomic mass is 9.78. The zero-order chi connectivity index (χ0) is 22.6. The summed E-state index contributed by atoms with van der Waals surface area (Å²) >= 11 is 0. The number of benzene rings is 1. The average molecular weight is 439 g/mol. The molecule has 172 valence electrons. The minimum absolute atomic E-state index is 0.211. The molecule has 0 spiro atoms. The van der Waals surface area contributed by atoms with Crippen LogP contribution in [0.2, 0.25) is 0 Å². The van der Waals surface area contributed by atoms with Gasteiger partial charge in [0.05, 0.1) is 12.8 Å². The van der Waals surface area contributed by atoms with Crippen molar-refractivity contribution in [1.82, 2.24) is 9.99 Å². The first-order valence-corrected chi connectivity index (χ1v) is 13.2. The summed E-state index contributed by atoms with van der Waals surface area (Å²) < 4.78 is 19.4. The third-order valence-corrected chi connectivity index (χ3v) is 7.91. The summed E-state index contributed by atoms with van der Waals surface area (Å²) in [5.41, 5.74) is 2.31. The quantitative estimate of drug-likeness (QED) is 0.503. The maximum absolute atomic E-state index is 13.6. The van der Waals surface area contributed by atoms with E-state index in [4.69, 9.17) is 4.52 Å². The van der Waals surface area contributed by atoms with E-state index in [-0.39, 0.29) is 10.8 Å². The predicted molar refractivity (Wildman–Crippen MR) is 127 cm³/mol. The zero-order valence-corrected chi connectivity index (χ0v) is 21.1. The van der Waals surface area contributed by atoms with Crippen LogP contribution in [-0.4, -0.2) is 42.8 Å². The third-order valence-electron chi connectivity index (χ3n) is 5.74. The van der Waals surface area contributed by atoms with E-state index < -0.39 is 7.52 Å². The van der Waals surface area contributed by atoms with Gasteiger partial charge in [0.25, 0.3) is 7.52 Å². The van der Waals surface area contributed by atoms with Crippen LogP contribution in [0.25, 0.3) is 0 Å².